The number of hydrogen-bond acceptors (Lipinski definition) is 4. The van der Waals surface area contributed by atoms with Crippen LogP contribution in [0.5, 0.6) is 5.75 Å². The van der Waals surface area contributed by atoms with Gasteiger partial charge in [0.05, 0.1) is 23.1 Å². The highest BCUT2D eigenvalue weighted by molar-refractivity contribution is 7.89. The van der Waals surface area contributed by atoms with Crippen LogP contribution in [0.1, 0.15) is 23.6 Å². The normalized spacial score (nSPS) is 17.2. The Labute approximate surface area is 135 Å². The Morgan fingerprint density at radius 2 is 1.87 bits per heavy atom. The van der Waals surface area contributed by atoms with Gasteiger partial charge < -0.3 is 4.74 Å². The van der Waals surface area contributed by atoms with E-state index in [0.29, 0.717) is 18.8 Å². The lowest BCUT2D eigenvalue weighted by atomic mass is 10.0. The second kappa shape index (κ2) is 6.03. The van der Waals surface area contributed by atoms with E-state index in [4.69, 9.17) is 4.74 Å². The van der Waals surface area contributed by atoms with Crippen molar-refractivity contribution in [2.45, 2.75) is 17.4 Å². The van der Waals surface area contributed by atoms with Gasteiger partial charge in [-0.05, 0) is 18.2 Å². The van der Waals surface area contributed by atoms with Crippen molar-refractivity contribution in [3.05, 3.63) is 59.7 Å². The van der Waals surface area contributed by atoms with Crippen LogP contribution < -0.4 is 4.74 Å². The van der Waals surface area contributed by atoms with Crippen LogP contribution in [-0.2, 0) is 10.0 Å². The Bertz CT molecular complexity index is 871. The lowest BCUT2D eigenvalue weighted by molar-refractivity contribution is 0.221. The molecule has 0 fully saturated rings. The Morgan fingerprint density at radius 1 is 1.17 bits per heavy atom. The summed E-state index contributed by atoms with van der Waals surface area (Å²) in [5.74, 6) is 0.708. The predicted octanol–water partition coefficient (Wildman–Crippen LogP) is 2.70. The van der Waals surface area contributed by atoms with Crippen LogP contribution in [0.2, 0.25) is 0 Å². The lowest BCUT2D eigenvalue weighted by Crippen LogP contribution is -2.34. The highest BCUT2D eigenvalue weighted by atomic mass is 32.2. The van der Waals surface area contributed by atoms with Gasteiger partial charge in [0.1, 0.15) is 11.8 Å². The van der Waals surface area contributed by atoms with E-state index < -0.39 is 10.0 Å². The molecule has 118 valence electrons. The van der Waals surface area contributed by atoms with Gasteiger partial charge in [-0.2, -0.15) is 9.57 Å². The first-order chi connectivity index (χ1) is 11.1. The molecule has 0 amide bonds. The zero-order chi connectivity index (χ0) is 16.4. The topological polar surface area (TPSA) is 70.4 Å². The summed E-state index contributed by atoms with van der Waals surface area (Å²) in [5.41, 5.74) is 0.999. The summed E-state index contributed by atoms with van der Waals surface area (Å²) in [6.07, 6.45) is 0.571. The van der Waals surface area contributed by atoms with E-state index in [1.165, 1.54) is 16.4 Å². The Balaban J connectivity index is 2.04. The van der Waals surface area contributed by atoms with Crippen molar-refractivity contribution < 1.29 is 13.2 Å². The van der Waals surface area contributed by atoms with Crippen LogP contribution in [0.25, 0.3) is 0 Å². The van der Waals surface area contributed by atoms with Gasteiger partial charge in [-0.3, -0.25) is 0 Å². The summed E-state index contributed by atoms with van der Waals surface area (Å²) >= 11 is 0. The first kappa shape index (κ1) is 15.5. The number of hydrogen-bond donors (Lipinski definition) is 0. The number of para-hydroxylation sites is 1. The van der Waals surface area contributed by atoms with Crippen molar-refractivity contribution in [1.82, 2.24) is 4.31 Å². The minimum Gasteiger partial charge on any atom is -0.493 e. The van der Waals surface area contributed by atoms with Gasteiger partial charge in [-0.1, -0.05) is 30.3 Å². The van der Waals surface area contributed by atoms with Gasteiger partial charge in [0.25, 0.3) is 0 Å². The highest BCUT2D eigenvalue weighted by Crippen LogP contribution is 2.37. The minimum absolute atomic E-state index is 0.0361. The molecule has 6 heteroatoms. The number of sulfonamides is 1. The molecule has 5 nitrogen and oxygen atoms in total. The molecule has 0 bridgehead atoms. The lowest BCUT2D eigenvalue weighted by Gasteiger charge is -2.32. The summed E-state index contributed by atoms with van der Waals surface area (Å²) in [6.45, 7) is 0.460. The third kappa shape index (κ3) is 2.69. The van der Waals surface area contributed by atoms with Crippen molar-refractivity contribution in [2.24, 2.45) is 0 Å². The van der Waals surface area contributed by atoms with Crippen LogP contribution >= 0.6 is 0 Å². The third-order valence-corrected chi connectivity index (χ3v) is 5.95. The van der Waals surface area contributed by atoms with Crippen molar-refractivity contribution in [1.29, 1.82) is 5.26 Å². The SMILES string of the molecule is CN(C1CCOc2ccccc21)S(=O)(=O)c1ccccc1C#N. The van der Waals surface area contributed by atoms with Crippen molar-refractivity contribution in [3.63, 3.8) is 0 Å². The molecule has 23 heavy (non-hydrogen) atoms. The molecule has 2 aromatic carbocycles. The maximum atomic E-state index is 13.0. The van der Waals surface area contributed by atoms with E-state index in [1.54, 1.807) is 19.2 Å². The number of rotatable bonds is 3. The van der Waals surface area contributed by atoms with Crippen LogP contribution in [-0.4, -0.2) is 26.4 Å². The number of nitrogens with zero attached hydrogens (tertiary/aromatic N) is 2. The summed E-state index contributed by atoms with van der Waals surface area (Å²) in [7, 11) is -2.22. The molecule has 1 aliphatic heterocycles. The number of fused-ring (bicyclic) bond motifs is 1. The standard InChI is InChI=1S/C17H16N2O3S/c1-19(15-10-11-22-16-8-4-3-7-14(15)16)23(20,21)17-9-5-2-6-13(17)12-18/h2-9,15H,10-11H2,1H3. The van der Waals surface area contributed by atoms with Crippen LogP contribution in [0, 0.1) is 11.3 Å². The fourth-order valence-corrected chi connectivity index (χ4v) is 4.31. The van der Waals surface area contributed by atoms with Gasteiger partial charge in [0.15, 0.2) is 0 Å². The zero-order valence-electron chi connectivity index (χ0n) is 12.6. The number of nitriles is 1. The third-order valence-electron chi connectivity index (χ3n) is 4.03. The molecular formula is C17H16N2O3S. The average Bonchev–Trinajstić information content (AvgIpc) is 2.60. The molecule has 2 aromatic rings. The van der Waals surface area contributed by atoms with E-state index in [0.717, 1.165) is 5.56 Å². The summed E-state index contributed by atoms with van der Waals surface area (Å²) < 4.78 is 32.8. The van der Waals surface area contributed by atoms with E-state index >= 15 is 0 Å². The monoisotopic (exact) mass is 328 g/mol. The van der Waals surface area contributed by atoms with Gasteiger partial charge in [0.2, 0.25) is 10.0 Å². The molecule has 0 N–H and O–H groups in total. The molecule has 3 rings (SSSR count). The molecule has 0 aromatic heterocycles. The fourth-order valence-electron chi connectivity index (χ4n) is 2.81. The molecule has 0 saturated carbocycles. The minimum atomic E-state index is -3.77. The van der Waals surface area contributed by atoms with Crippen molar-refractivity contribution >= 4 is 10.0 Å². The largest absolute Gasteiger partial charge is 0.493 e. The van der Waals surface area contributed by atoms with E-state index in [2.05, 4.69) is 0 Å². The van der Waals surface area contributed by atoms with E-state index in [9.17, 15) is 13.7 Å². The molecule has 1 unspecified atom stereocenters. The first-order valence-corrected chi connectivity index (χ1v) is 8.68. The van der Waals surface area contributed by atoms with Crippen molar-refractivity contribution in [3.8, 4) is 11.8 Å². The van der Waals surface area contributed by atoms with Gasteiger partial charge in [-0.25, -0.2) is 8.42 Å². The Hall–Kier alpha value is -2.36. The van der Waals surface area contributed by atoms with Crippen LogP contribution in [0.3, 0.4) is 0 Å². The van der Waals surface area contributed by atoms with Gasteiger partial charge in [0, 0.05) is 19.0 Å². The Morgan fingerprint density at radius 3 is 2.65 bits per heavy atom. The highest BCUT2D eigenvalue weighted by Gasteiger charge is 2.33. The molecular weight excluding hydrogens is 312 g/mol. The first-order valence-electron chi connectivity index (χ1n) is 7.24. The van der Waals surface area contributed by atoms with Crippen LogP contribution in [0.15, 0.2) is 53.4 Å². The van der Waals surface area contributed by atoms with E-state index in [-0.39, 0.29) is 16.5 Å². The second-order valence-corrected chi connectivity index (χ2v) is 7.29. The van der Waals surface area contributed by atoms with Crippen molar-refractivity contribution in [2.75, 3.05) is 13.7 Å². The number of ether oxygens (including phenoxy) is 1. The molecule has 0 spiro atoms. The average molecular weight is 328 g/mol. The molecule has 0 aliphatic carbocycles. The molecule has 1 aliphatic rings. The smallest absolute Gasteiger partial charge is 0.244 e. The Kier molecular flexibility index (Phi) is 4.07. The number of benzene rings is 2. The molecule has 0 radical (unpaired) electrons. The maximum Gasteiger partial charge on any atom is 0.244 e. The summed E-state index contributed by atoms with van der Waals surface area (Å²) in [5, 5.41) is 9.18. The molecule has 1 heterocycles. The van der Waals surface area contributed by atoms with Crippen LogP contribution in [0.4, 0.5) is 0 Å². The summed E-state index contributed by atoms with van der Waals surface area (Å²) in [6, 6.07) is 15.3. The molecule has 0 saturated heterocycles. The fraction of sp³-hybridized carbons (Fsp3) is 0.235. The van der Waals surface area contributed by atoms with E-state index in [1.807, 2.05) is 30.3 Å². The van der Waals surface area contributed by atoms with Gasteiger partial charge in [-0.15, -0.1) is 0 Å². The zero-order valence-corrected chi connectivity index (χ0v) is 13.5. The second-order valence-electron chi connectivity index (χ2n) is 5.32. The molecule has 1 atom stereocenters. The summed E-state index contributed by atoms with van der Waals surface area (Å²) in [4.78, 5) is 0.0361. The quantitative estimate of drug-likeness (QED) is 0.868. The predicted molar refractivity (Wildman–Crippen MR) is 85.4 cm³/mol. The maximum absolute atomic E-state index is 13.0. The van der Waals surface area contributed by atoms with Gasteiger partial charge >= 0.3 is 0 Å².